The van der Waals surface area contributed by atoms with E-state index in [2.05, 4.69) is 76.5 Å². The maximum atomic E-state index is 7.25. The van der Waals surface area contributed by atoms with E-state index in [1.165, 1.54) is 44.1 Å². The molecule has 0 aliphatic carbocycles. The van der Waals surface area contributed by atoms with Gasteiger partial charge >= 0.3 is 0 Å². The SMILES string of the molecule is C=C[C@](C(C)C)([C@@H](OB1C2CCCC1CCC2)c1ccccc1)[Si](C)(C)C. The van der Waals surface area contributed by atoms with Gasteiger partial charge in [0, 0.05) is 5.04 Å². The van der Waals surface area contributed by atoms with Crippen molar-refractivity contribution in [1.29, 1.82) is 0 Å². The number of fused-ring (bicyclic) bond motifs is 2. The number of rotatable bonds is 7. The summed E-state index contributed by atoms with van der Waals surface area (Å²) in [5.41, 5.74) is 1.34. The summed E-state index contributed by atoms with van der Waals surface area (Å²) >= 11 is 0. The van der Waals surface area contributed by atoms with Crippen LogP contribution in [-0.4, -0.2) is 15.0 Å². The van der Waals surface area contributed by atoms with Crippen LogP contribution in [0, 0.1) is 5.92 Å². The highest BCUT2D eigenvalue weighted by atomic mass is 28.3. The van der Waals surface area contributed by atoms with Crippen molar-refractivity contribution in [2.75, 3.05) is 0 Å². The first-order valence-electron chi connectivity index (χ1n) is 11.1. The lowest BCUT2D eigenvalue weighted by atomic mass is 9.37. The van der Waals surface area contributed by atoms with Crippen molar-refractivity contribution < 1.29 is 4.65 Å². The van der Waals surface area contributed by atoms with Gasteiger partial charge in [0.25, 0.3) is 6.92 Å². The van der Waals surface area contributed by atoms with Crippen molar-refractivity contribution in [1.82, 2.24) is 0 Å². The summed E-state index contributed by atoms with van der Waals surface area (Å²) in [7, 11) is -1.61. The van der Waals surface area contributed by atoms with Gasteiger partial charge in [-0.2, -0.15) is 0 Å². The van der Waals surface area contributed by atoms with Gasteiger partial charge in [0.2, 0.25) is 0 Å². The van der Waals surface area contributed by atoms with Crippen LogP contribution in [0.3, 0.4) is 0 Å². The molecule has 0 spiro atoms. The fraction of sp³-hybridized carbons (Fsp3) is 0.667. The van der Waals surface area contributed by atoms with E-state index in [0.29, 0.717) is 12.8 Å². The van der Waals surface area contributed by atoms with Gasteiger partial charge in [0.1, 0.15) is 0 Å². The van der Waals surface area contributed by atoms with Gasteiger partial charge in [-0.05, 0) is 23.1 Å². The Kier molecular flexibility index (Phi) is 6.42. The minimum absolute atomic E-state index is 0.0279. The van der Waals surface area contributed by atoms with Gasteiger partial charge in [-0.1, -0.05) is 108 Å². The Bertz CT molecular complexity index is 601. The van der Waals surface area contributed by atoms with E-state index in [1.807, 2.05) is 0 Å². The van der Waals surface area contributed by atoms with Gasteiger partial charge in [-0.15, -0.1) is 6.58 Å². The van der Waals surface area contributed by atoms with Crippen LogP contribution in [0.15, 0.2) is 43.0 Å². The standard InChI is InChI=1S/C24H39BOSi/c1-7-24(19(2)3,27(4,5)6)23(20-13-9-8-10-14-20)26-25-21-15-11-16-22(25)18-12-17-21/h7-10,13-14,19,21-23H,1,11-12,15-18H2,2-6H3/t21?,22?,23-,24-/m0/s1. The molecule has 2 fully saturated rings. The van der Waals surface area contributed by atoms with Gasteiger partial charge in [0.15, 0.2) is 0 Å². The lowest BCUT2D eigenvalue weighted by molar-refractivity contribution is 0.121. The van der Waals surface area contributed by atoms with E-state index in [1.54, 1.807) is 0 Å². The Morgan fingerprint density at radius 3 is 1.96 bits per heavy atom. The van der Waals surface area contributed by atoms with E-state index in [0.717, 1.165) is 11.6 Å². The molecule has 1 aromatic rings. The van der Waals surface area contributed by atoms with Crippen LogP contribution in [0.25, 0.3) is 0 Å². The van der Waals surface area contributed by atoms with Crippen LogP contribution in [-0.2, 0) is 4.65 Å². The van der Waals surface area contributed by atoms with Gasteiger partial charge in [0.05, 0.1) is 14.2 Å². The average Bonchev–Trinajstić information content (AvgIpc) is 2.61. The Balaban J connectivity index is 2.05. The Morgan fingerprint density at radius 2 is 1.56 bits per heavy atom. The first-order valence-corrected chi connectivity index (χ1v) is 14.6. The zero-order chi connectivity index (χ0) is 19.7. The van der Waals surface area contributed by atoms with Gasteiger partial charge in [-0.25, -0.2) is 0 Å². The molecule has 0 saturated carbocycles. The van der Waals surface area contributed by atoms with Gasteiger partial charge in [-0.3, -0.25) is 0 Å². The summed E-state index contributed by atoms with van der Waals surface area (Å²) in [5, 5.41) is 0.0279. The molecule has 0 radical (unpaired) electrons. The molecule has 3 rings (SSSR count). The summed E-state index contributed by atoms with van der Waals surface area (Å²) in [5.74, 6) is 2.04. The molecular weight excluding hydrogens is 343 g/mol. The van der Waals surface area contributed by atoms with E-state index < -0.39 is 8.07 Å². The van der Waals surface area contributed by atoms with Crippen molar-refractivity contribution in [3.8, 4) is 0 Å². The first-order chi connectivity index (χ1) is 12.8. The third-order valence-corrected chi connectivity index (χ3v) is 11.3. The monoisotopic (exact) mass is 382 g/mol. The second-order valence-corrected chi connectivity index (χ2v) is 15.7. The zero-order valence-electron chi connectivity index (χ0n) is 18.2. The molecule has 0 amide bonds. The minimum atomic E-state index is -1.61. The van der Waals surface area contributed by atoms with E-state index in [4.69, 9.17) is 4.65 Å². The van der Waals surface area contributed by atoms with Crippen LogP contribution in [0.4, 0.5) is 0 Å². The average molecular weight is 382 g/mol. The molecule has 27 heavy (non-hydrogen) atoms. The normalized spacial score (nSPS) is 26.5. The molecule has 0 N–H and O–H groups in total. The third kappa shape index (κ3) is 3.87. The smallest absolute Gasteiger partial charge is 0.300 e. The van der Waals surface area contributed by atoms with Crippen molar-refractivity contribution >= 4 is 15.0 Å². The minimum Gasteiger partial charge on any atom is -0.428 e. The Morgan fingerprint density at radius 1 is 1.04 bits per heavy atom. The highest BCUT2D eigenvalue weighted by Crippen LogP contribution is 2.59. The van der Waals surface area contributed by atoms with Crippen LogP contribution in [0.1, 0.15) is 64.0 Å². The molecular formula is C24H39BOSi. The summed E-state index contributed by atoms with van der Waals surface area (Å²) in [6.07, 6.45) is 10.6. The summed E-state index contributed by atoms with van der Waals surface area (Å²) in [4.78, 5) is 0. The first kappa shape index (κ1) is 20.9. The second-order valence-electron chi connectivity index (χ2n) is 10.3. The van der Waals surface area contributed by atoms with Crippen molar-refractivity contribution in [2.24, 2.45) is 5.92 Å². The summed E-state index contributed by atoms with van der Waals surface area (Å²) < 4.78 is 7.25. The van der Waals surface area contributed by atoms with Crippen LogP contribution in [0.5, 0.6) is 0 Å². The van der Waals surface area contributed by atoms with Crippen molar-refractivity contribution in [2.45, 2.75) is 94.8 Å². The number of hydrogen-bond acceptors (Lipinski definition) is 1. The van der Waals surface area contributed by atoms with Gasteiger partial charge < -0.3 is 4.65 Å². The molecule has 1 aromatic carbocycles. The summed E-state index contributed by atoms with van der Waals surface area (Å²) in [6, 6.07) is 11.0. The Labute approximate surface area is 169 Å². The van der Waals surface area contributed by atoms with E-state index in [-0.39, 0.29) is 11.1 Å². The topological polar surface area (TPSA) is 9.23 Å². The van der Waals surface area contributed by atoms with Crippen LogP contribution < -0.4 is 0 Å². The largest absolute Gasteiger partial charge is 0.428 e. The third-order valence-electron chi connectivity index (χ3n) is 7.65. The fourth-order valence-corrected chi connectivity index (χ4v) is 9.67. The molecule has 2 saturated heterocycles. The predicted molar refractivity (Wildman–Crippen MR) is 122 cm³/mol. The highest BCUT2D eigenvalue weighted by Gasteiger charge is 2.53. The quantitative estimate of drug-likeness (QED) is 0.346. The maximum Gasteiger partial charge on any atom is 0.300 e. The maximum absolute atomic E-state index is 7.25. The van der Waals surface area contributed by atoms with E-state index in [9.17, 15) is 0 Å². The Hall–Kier alpha value is -0.798. The van der Waals surface area contributed by atoms with Crippen molar-refractivity contribution in [3.63, 3.8) is 0 Å². The molecule has 2 bridgehead atoms. The molecule has 0 aromatic heterocycles. The van der Waals surface area contributed by atoms with Crippen LogP contribution >= 0.6 is 0 Å². The molecule has 3 heteroatoms. The van der Waals surface area contributed by atoms with Crippen LogP contribution in [0.2, 0.25) is 36.3 Å². The fourth-order valence-electron chi connectivity index (χ4n) is 6.30. The number of hydrogen-bond donors (Lipinski definition) is 0. The molecule has 0 unspecified atom stereocenters. The number of benzene rings is 1. The highest BCUT2D eigenvalue weighted by molar-refractivity contribution is 6.80. The molecule has 2 aliphatic heterocycles. The zero-order valence-corrected chi connectivity index (χ0v) is 19.2. The second kappa shape index (κ2) is 8.29. The molecule has 1 nitrogen and oxygen atoms in total. The summed E-state index contributed by atoms with van der Waals surface area (Å²) in [6.45, 7) is 17.1. The lowest BCUT2D eigenvalue weighted by Gasteiger charge is -2.53. The molecule has 2 atom stereocenters. The molecule has 148 valence electrons. The molecule has 2 heterocycles. The predicted octanol–water partition coefficient (Wildman–Crippen LogP) is 7.76. The van der Waals surface area contributed by atoms with Crippen molar-refractivity contribution in [3.05, 3.63) is 48.6 Å². The lowest BCUT2D eigenvalue weighted by Crippen LogP contribution is -2.49. The van der Waals surface area contributed by atoms with E-state index >= 15 is 0 Å². The molecule has 2 aliphatic rings.